The minimum atomic E-state index is -0.167. The van der Waals surface area contributed by atoms with Gasteiger partial charge in [-0.1, -0.05) is 67.0 Å². The molecular formula is C29H48O. The molecule has 0 aromatic heterocycles. The predicted molar refractivity (Wildman–Crippen MR) is 126 cm³/mol. The highest BCUT2D eigenvalue weighted by Gasteiger charge is 2.72. The maximum Gasteiger partial charge on any atom is 0.0628 e. The van der Waals surface area contributed by atoms with Crippen molar-refractivity contribution in [2.75, 3.05) is 0 Å². The molecule has 0 radical (unpaired) electrons. The number of allylic oxidation sites excluding steroid dienone is 1. The molecule has 0 aliphatic heterocycles. The van der Waals surface area contributed by atoms with Crippen LogP contribution in [0.15, 0.2) is 11.6 Å². The summed E-state index contributed by atoms with van der Waals surface area (Å²) in [6.07, 6.45) is 14.4. The zero-order valence-electron chi connectivity index (χ0n) is 21.2. The maximum absolute atomic E-state index is 10.8. The summed E-state index contributed by atoms with van der Waals surface area (Å²) in [5.41, 5.74) is 3.96. The number of aliphatic hydroxyl groups is 1. The smallest absolute Gasteiger partial charge is 0.0628 e. The molecule has 30 heavy (non-hydrogen) atoms. The summed E-state index contributed by atoms with van der Waals surface area (Å²) >= 11 is 0. The van der Waals surface area contributed by atoms with E-state index in [1.807, 2.05) is 0 Å². The van der Waals surface area contributed by atoms with Crippen LogP contribution in [0.3, 0.4) is 0 Å². The fourth-order valence-corrected chi connectivity index (χ4v) is 10.5. The Labute approximate surface area is 186 Å². The minimum Gasteiger partial charge on any atom is -0.392 e. The predicted octanol–water partition coefficient (Wildman–Crippen LogP) is 7.78. The lowest BCUT2D eigenvalue weighted by atomic mass is 9.39. The largest absolute Gasteiger partial charge is 0.392 e. The van der Waals surface area contributed by atoms with Crippen molar-refractivity contribution in [1.82, 2.24) is 0 Å². The summed E-state index contributed by atoms with van der Waals surface area (Å²) in [6.45, 7) is 20.5. The molecule has 1 N–H and O–H groups in total. The number of fused-ring (bicyclic) bond motifs is 7. The second-order valence-corrected chi connectivity index (χ2v) is 14.9. The van der Waals surface area contributed by atoms with Gasteiger partial charge in [0, 0.05) is 5.41 Å². The van der Waals surface area contributed by atoms with E-state index in [2.05, 4.69) is 61.5 Å². The van der Waals surface area contributed by atoms with Crippen LogP contribution in [0.1, 0.15) is 113 Å². The van der Waals surface area contributed by atoms with Crippen molar-refractivity contribution in [3.05, 3.63) is 11.6 Å². The molecule has 1 heteroatoms. The van der Waals surface area contributed by atoms with Gasteiger partial charge in [0.15, 0.2) is 0 Å². The van der Waals surface area contributed by atoms with Gasteiger partial charge in [-0.25, -0.2) is 0 Å². The Kier molecular flexibility index (Phi) is 4.29. The van der Waals surface area contributed by atoms with Gasteiger partial charge in [-0.05, 0) is 103 Å². The third-order valence-electron chi connectivity index (χ3n) is 12.6. The van der Waals surface area contributed by atoms with Crippen LogP contribution in [-0.4, -0.2) is 11.2 Å². The zero-order chi connectivity index (χ0) is 22.0. The maximum atomic E-state index is 10.8. The van der Waals surface area contributed by atoms with Crippen molar-refractivity contribution < 1.29 is 5.11 Å². The van der Waals surface area contributed by atoms with Crippen LogP contribution >= 0.6 is 0 Å². The number of rotatable bonds is 0. The van der Waals surface area contributed by atoms with Crippen LogP contribution in [0.5, 0.6) is 0 Å². The van der Waals surface area contributed by atoms with Crippen LogP contribution < -0.4 is 0 Å². The van der Waals surface area contributed by atoms with Gasteiger partial charge in [0.2, 0.25) is 0 Å². The van der Waals surface area contributed by atoms with E-state index in [-0.39, 0.29) is 11.5 Å². The summed E-state index contributed by atoms with van der Waals surface area (Å²) in [6, 6.07) is 0. The number of hydrogen-bond donors (Lipinski definition) is 1. The van der Waals surface area contributed by atoms with Crippen molar-refractivity contribution >= 4 is 0 Å². The van der Waals surface area contributed by atoms with Gasteiger partial charge in [0.05, 0.1) is 6.10 Å². The van der Waals surface area contributed by atoms with E-state index in [4.69, 9.17) is 0 Å². The SMILES string of the molecule is CC1(C)CCC2(C)CC3(C)C4CC=C5C(CCC(O)C5(C)C)C4(C)CCC3(C)C2C1. The van der Waals surface area contributed by atoms with Crippen molar-refractivity contribution in [3.63, 3.8) is 0 Å². The monoisotopic (exact) mass is 412 g/mol. The third-order valence-corrected chi connectivity index (χ3v) is 12.6. The Morgan fingerprint density at radius 1 is 0.800 bits per heavy atom. The van der Waals surface area contributed by atoms with Crippen molar-refractivity contribution in [1.29, 1.82) is 0 Å². The van der Waals surface area contributed by atoms with Gasteiger partial charge in [-0.3, -0.25) is 0 Å². The summed E-state index contributed by atoms with van der Waals surface area (Å²) < 4.78 is 0. The van der Waals surface area contributed by atoms with Gasteiger partial charge >= 0.3 is 0 Å². The van der Waals surface area contributed by atoms with E-state index in [0.29, 0.717) is 33.0 Å². The van der Waals surface area contributed by atoms with E-state index in [0.717, 1.165) is 18.3 Å². The molecule has 0 spiro atoms. The lowest BCUT2D eigenvalue weighted by molar-refractivity contribution is -0.145. The highest BCUT2D eigenvalue weighted by Crippen LogP contribution is 2.79. The molecule has 0 saturated heterocycles. The first-order valence-corrected chi connectivity index (χ1v) is 13.1. The molecule has 4 saturated carbocycles. The lowest BCUT2D eigenvalue weighted by Gasteiger charge is -2.66. The number of hydrogen-bond acceptors (Lipinski definition) is 1. The fourth-order valence-electron chi connectivity index (χ4n) is 10.5. The van der Waals surface area contributed by atoms with Crippen LogP contribution in [0.25, 0.3) is 0 Å². The quantitative estimate of drug-likeness (QED) is 0.403. The van der Waals surface area contributed by atoms with Crippen LogP contribution in [0.4, 0.5) is 0 Å². The normalized spacial score (nSPS) is 56.2. The molecule has 8 unspecified atom stereocenters. The molecule has 0 bridgehead atoms. The average Bonchev–Trinajstić information content (AvgIpc) is 2.82. The van der Waals surface area contributed by atoms with Gasteiger partial charge < -0.3 is 5.11 Å². The Morgan fingerprint density at radius 3 is 2.20 bits per heavy atom. The Balaban J connectivity index is 1.58. The first kappa shape index (κ1) is 21.5. The zero-order valence-corrected chi connectivity index (χ0v) is 21.2. The number of aliphatic hydroxyl groups excluding tert-OH is 1. The second-order valence-electron chi connectivity index (χ2n) is 14.9. The van der Waals surface area contributed by atoms with E-state index >= 15 is 0 Å². The molecule has 8 atom stereocenters. The standard InChI is InChI=1S/C29H48O/c1-24(2)13-14-26(5)18-29(8)21-11-9-19-20(10-12-23(30)25(19,3)4)27(21,6)15-16-28(29,7)22(26)17-24/h9,20-23,30H,10-18H2,1-8H3. The van der Waals surface area contributed by atoms with E-state index < -0.39 is 0 Å². The molecule has 4 fully saturated rings. The summed E-state index contributed by atoms with van der Waals surface area (Å²) in [5.74, 6) is 2.37. The Bertz CT molecular complexity index is 775. The summed E-state index contributed by atoms with van der Waals surface area (Å²) in [4.78, 5) is 0. The molecular weight excluding hydrogens is 364 g/mol. The lowest BCUT2D eigenvalue weighted by Crippen LogP contribution is -2.59. The topological polar surface area (TPSA) is 20.2 Å². The van der Waals surface area contributed by atoms with E-state index in [1.54, 1.807) is 5.57 Å². The van der Waals surface area contributed by atoms with Gasteiger partial charge in [0.1, 0.15) is 0 Å². The van der Waals surface area contributed by atoms with Gasteiger partial charge in [-0.15, -0.1) is 0 Å². The second kappa shape index (κ2) is 5.98. The van der Waals surface area contributed by atoms with Crippen LogP contribution in [-0.2, 0) is 0 Å². The third kappa shape index (κ3) is 2.45. The molecule has 1 nitrogen and oxygen atoms in total. The highest BCUT2D eigenvalue weighted by atomic mass is 16.3. The van der Waals surface area contributed by atoms with Crippen LogP contribution in [0, 0.1) is 50.2 Å². The molecule has 170 valence electrons. The first-order chi connectivity index (χ1) is 13.7. The molecule has 5 rings (SSSR count). The molecule has 0 aromatic rings. The van der Waals surface area contributed by atoms with Gasteiger partial charge in [-0.2, -0.15) is 0 Å². The van der Waals surface area contributed by atoms with E-state index in [9.17, 15) is 5.11 Å². The average molecular weight is 413 g/mol. The highest BCUT2D eigenvalue weighted by molar-refractivity contribution is 5.31. The Hall–Kier alpha value is -0.300. The van der Waals surface area contributed by atoms with Crippen molar-refractivity contribution in [2.45, 2.75) is 119 Å². The van der Waals surface area contributed by atoms with Crippen molar-refractivity contribution in [3.8, 4) is 0 Å². The fraction of sp³-hybridized carbons (Fsp3) is 0.931. The molecule has 0 aromatic carbocycles. The summed E-state index contributed by atoms with van der Waals surface area (Å²) in [7, 11) is 0. The molecule has 5 aliphatic carbocycles. The summed E-state index contributed by atoms with van der Waals surface area (Å²) in [5, 5.41) is 10.8. The minimum absolute atomic E-state index is 0.0434. The molecule has 0 heterocycles. The van der Waals surface area contributed by atoms with E-state index in [1.165, 1.54) is 51.4 Å². The van der Waals surface area contributed by atoms with Crippen LogP contribution in [0.2, 0.25) is 0 Å². The first-order valence-electron chi connectivity index (χ1n) is 13.1. The Morgan fingerprint density at radius 2 is 1.50 bits per heavy atom. The molecule has 0 amide bonds. The molecule has 5 aliphatic rings. The van der Waals surface area contributed by atoms with Crippen molar-refractivity contribution in [2.24, 2.45) is 50.2 Å². The van der Waals surface area contributed by atoms with Gasteiger partial charge in [0.25, 0.3) is 0 Å².